The second-order valence-electron chi connectivity index (χ2n) is 14.3. The highest BCUT2D eigenvalue weighted by atomic mass is 15.2. The molecule has 11 rings (SSSR count). The number of aliphatic imine (C=N–C) groups is 2. The molecule has 0 amide bonds. The third-order valence-electron chi connectivity index (χ3n) is 11.0. The molecule has 1 aliphatic rings. The van der Waals surface area contributed by atoms with Crippen molar-refractivity contribution in [1.82, 2.24) is 14.5 Å². The zero-order valence-corrected chi connectivity index (χ0v) is 30.4. The fraction of sp³-hybridized carbons (Fsp3) is 0.0196. The van der Waals surface area contributed by atoms with Gasteiger partial charge < -0.3 is 14.5 Å². The summed E-state index contributed by atoms with van der Waals surface area (Å²) in [6.45, 7) is 0. The largest absolute Gasteiger partial charge is 0.344 e. The van der Waals surface area contributed by atoms with Crippen molar-refractivity contribution in [3.63, 3.8) is 0 Å². The predicted octanol–water partition coefficient (Wildman–Crippen LogP) is 12.0. The van der Waals surface area contributed by atoms with Gasteiger partial charge in [-0.3, -0.25) is 0 Å². The maximum Gasteiger partial charge on any atom is 0.159 e. The van der Waals surface area contributed by atoms with E-state index in [1.54, 1.807) is 0 Å². The Morgan fingerprint density at radius 3 is 1.54 bits per heavy atom. The van der Waals surface area contributed by atoms with Crippen molar-refractivity contribution in [2.75, 3.05) is 0 Å². The average molecular weight is 718 g/mol. The number of amidine groups is 2. The van der Waals surface area contributed by atoms with Gasteiger partial charge in [-0.2, -0.15) is 0 Å². The highest BCUT2D eigenvalue weighted by Gasteiger charge is 2.22. The van der Waals surface area contributed by atoms with Crippen LogP contribution in [0.2, 0.25) is 0 Å². The first-order chi connectivity index (χ1) is 27.8. The Morgan fingerprint density at radius 2 is 0.875 bits per heavy atom. The van der Waals surface area contributed by atoms with Gasteiger partial charge in [0.25, 0.3) is 0 Å². The Morgan fingerprint density at radius 1 is 0.375 bits per heavy atom. The molecule has 5 nitrogen and oxygen atoms in total. The standard InChI is InChI=1S/C51H35N5/c1-3-15-34(16-4-1)49-52-50(35-17-5-2-6-18-35)54-51(53-49)38-20-14-22-40(32-38)56-47-28-12-9-25-43(47)44-33-37(29-30-48(44)56)36-19-13-21-39(31-36)55-45-26-10-7-23-41(45)42-24-8-11-27-46(42)55/h1-33,51H,(H,52,53,54). The van der Waals surface area contributed by atoms with E-state index in [0.29, 0.717) is 5.84 Å². The molecule has 0 spiro atoms. The Hall–Kier alpha value is -7.50. The first-order valence-electron chi connectivity index (χ1n) is 19.0. The van der Waals surface area contributed by atoms with Gasteiger partial charge in [-0.05, 0) is 71.3 Å². The van der Waals surface area contributed by atoms with Crippen molar-refractivity contribution in [1.29, 1.82) is 0 Å². The van der Waals surface area contributed by atoms with E-state index in [4.69, 9.17) is 9.98 Å². The Bertz CT molecular complexity index is 3120. The van der Waals surface area contributed by atoms with Crippen LogP contribution in [0.15, 0.2) is 210 Å². The van der Waals surface area contributed by atoms with Gasteiger partial charge in [-0.1, -0.05) is 146 Å². The van der Waals surface area contributed by atoms with Crippen molar-refractivity contribution < 1.29 is 0 Å². The smallest absolute Gasteiger partial charge is 0.159 e. The Balaban J connectivity index is 1.01. The number of nitrogens with one attached hydrogen (secondary N) is 1. The van der Waals surface area contributed by atoms with Gasteiger partial charge in [-0.25, -0.2) is 9.98 Å². The molecule has 56 heavy (non-hydrogen) atoms. The lowest BCUT2D eigenvalue weighted by Gasteiger charge is -2.24. The average Bonchev–Trinajstić information content (AvgIpc) is 3.80. The van der Waals surface area contributed by atoms with Gasteiger partial charge in [0.1, 0.15) is 12.0 Å². The highest BCUT2D eigenvalue weighted by molar-refractivity contribution is 6.13. The molecular weight excluding hydrogens is 683 g/mol. The minimum Gasteiger partial charge on any atom is -0.344 e. The van der Waals surface area contributed by atoms with E-state index >= 15 is 0 Å². The van der Waals surface area contributed by atoms with Gasteiger partial charge in [0.05, 0.1) is 22.1 Å². The lowest BCUT2D eigenvalue weighted by atomic mass is 10.0. The molecule has 0 fully saturated rings. The molecule has 0 saturated heterocycles. The first-order valence-corrected chi connectivity index (χ1v) is 19.0. The summed E-state index contributed by atoms with van der Waals surface area (Å²) in [5.41, 5.74) is 12.4. The van der Waals surface area contributed by atoms with Gasteiger partial charge in [0.2, 0.25) is 0 Å². The van der Waals surface area contributed by atoms with E-state index in [0.717, 1.165) is 44.9 Å². The summed E-state index contributed by atoms with van der Waals surface area (Å²) in [6, 6.07) is 71.1. The van der Waals surface area contributed by atoms with Crippen LogP contribution in [-0.4, -0.2) is 20.8 Å². The van der Waals surface area contributed by atoms with Gasteiger partial charge >= 0.3 is 0 Å². The van der Waals surface area contributed by atoms with Crippen LogP contribution in [0.25, 0.3) is 66.1 Å². The second kappa shape index (κ2) is 13.1. The first kappa shape index (κ1) is 32.0. The van der Waals surface area contributed by atoms with E-state index in [-0.39, 0.29) is 6.17 Å². The van der Waals surface area contributed by atoms with Gasteiger partial charge in [0, 0.05) is 44.0 Å². The Kier molecular flexibility index (Phi) is 7.49. The quantitative estimate of drug-likeness (QED) is 0.183. The monoisotopic (exact) mass is 717 g/mol. The van der Waals surface area contributed by atoms with Crippen LogP contribution in [0.3, 0.4) is 0 Å². The normalized spacial score (nSPS) is 14.2. The molecule has 264 valence electrons. The van der Waals surface area contributed by atoms with Gasteiger partial charge in [-0.15, -0.1) is 0 Å². The molecule has 1 atom stereocenters. The zero-order chi connectivity index (χ0) is 37.0. The summed E-state index contributed by atoms with van der Waals surface area (Å²) in [6.07, 6.45) is -0.320. The highest BCUT2D eigenvalue weighted by Crippen LogP contribution is 2.37. The van der Waals surface area contributed by atoms with Crippen LogP contribution >= 0.6 is 0 Å². The third kappa shape index (κ3) is 5.32. The maximum absolute atomic E-state index is 5.16. The van der Waals surface area contributed by atoms with Crippen LogP contribution in [0.1, 0.15) is 22.9 Å². The van der Waals surface area contributed by atoms with E-state index in [9.17, 15) is 0 Å². The molecular formula is C51H35N5. The van der Waals surface area contributed by atoms with E-state index in [1.165, 1.54) is 43.7 Å². The van der Waals surface area contributed by atoms with Crippen LogP contribution in [0.4, 0.5) is 0 Å². The van der Waals surface area contributed by atoms with Crippen LogP contribution in [-0.2, 0) is 0 Å². The fourth-order valence-corrected chi connectivity index (χ4v) is 8.37. The molecule has 0 aliphatic carbocycles. The number of hydrogen-bond acceptors (Lipinski definition) is 3. The molecule has 2 aromatic heterocycles. The van der Waals surface area contributed by atoms with Gasteiger partial charge in [0.15, 0.2) is 5.84 Å². The van der Waals surface area contributed by atoms with Crippen molar-refractivity contribution in [2.45, 2.75) is 6.17 Å². The number of rotatable bonds is 6. The number of hydrogen-bond donors (Lipinski definition) is 1. The van der Waals surface area contributed by atoms with Crippen molar-refractivity contribution >= 4 is 55.3 Å². The molecule has 3 heterocycles. The maximum atomic E-state index is 5.16. The molecule has 8 aromatic carbocycles. The van der Waals surface area contributed by atoms with E-state index < -0.39 is 0 Å². The topological polar surface area (TPSA) is 46.6 Å². The summed E-state index contributed by atoms with van der Waals surface area (Å²) in [7, 11) is 0. The summed E-state index contributed by atoms with van der Waals surface area (Å²) < 4.78 is 4.76. The summed E-state index contributed by atoms with van der Waals surface area (Å²) in [5, 5.41) is 8.60. The lowest BCUT2D eigenvalue weighted by molar-refractivity contribution is 0.674. The molecule has 0 bridgehead atoms. The minimum absolute atomic E-state index is 0.320. The Labute approximate surface area is 324 Å². The van der Waals surface area contributed by atoms with Crippen molar-refractivity contribution in [2.24, 2.45) is 9.98 Å². The molecule has 1 N–H and O–H groups in total. The molecule has 0 saturated carbocycles. The molecule has 5 heteroatoms. The van der Waals surface area contributed by atoms with Crippen LogP contribution < -0.4 is 5.32 Å². The fourth-order valence-electron chi connectivity index (χ4n) is 8.37. The SMILES string of the molecule is c1ccc(C2=NC(c3cccc(-n4c5ccccc5c5cc(-c6cccc(-n7c8ccccc8c8ccccc87)c6)ccc54)c3)NC(c3ccccc3)=N2)cc1. The lowest BCUT2D eigenvalue weighted by Crippen LogP contribution is -2.33. The van der Waals surface area contributed by atoms with E-state index in [2.05, 4.69) is 178 Å². The number of benzene rings is 8. The second-order valence-corrected chi connectivity index (χ2v) is 14.3. The summed E-state index contributed by atoms with van der Waals surface area (Å²) in [4.78, 5) is 10.1. The van der Waals surface area contributed by atoms with E-state index in [1.807, 2.05) is 36.4 Å². The summed E-state index contributed by atoms with van der Waals surface area (Å²) in [5.74, 6) is 1.52. The zero-order valence-electron chi connectivity index (χ0n) is 30.4. The molecule has 1 unspecified atom stereocenters. The van der Waals surface area contributed by atoms with Crippen molar-refractivity contribution in [3.8, 4) is 22.5 Å². The number of fused-ring (bicyclic) bond motifs is 6. The van der Waals surface area contributed by atoms with Crippen LogP contribution in [0.5, 0.6) is 0 Å². The number of para-hydroxylation sites is 3. The van der Waals surface area contributed by atoms with Crippen LogP contribution in [0, 0.1) is 0 Å². The predicted molar refractivity (Wildman–Crippen MR) is 232 cm³/mol. The third-order valence-corrected chi connectivity index (χ3v) is 11.0. The van der Waals surface area contributed by atoms with Crippen molar-refractivity contribution in [3.05, 3.63) is 217 Å². The molecule has 10 aromatic rings. The molecule has 1 aliphatic heterocycles. The number of nitrogens with zero attached hydrogens (tertiary/aromatic N) is 4. The number of aromatic nitrogens is 2. The minimum atomic E-state index is -0.320. The summed E-state index contributed by atoms with van der Waals surface area (Å²) >= 11 is 0. The molecule has 0 radical (unpaired) electrons.